The molecule has 1 fully saturated rings. The van der Waals surface area contributed by atoms with Crippen LogP contribution in [0, 0.1) is 23.7 Å². The molecule has 1 aromatic rings. The number of benzene rings is 1. The third kappa shape index (κ3) is 13.3. The Bertz CT molecular complexity index is 1480. The Labute approximate surface area is 342 Å². The molecule has 0 saturated carbocycles. The number of rotatable bonds is 22. The summed E-state index contributed by atoms with van der Waals surface area (Å²) in [5.74, 6) is -3.38. The van der Waals surface area contributed by atoms with E-state index in [1.807, 2.05) is 60.5 Å². The highest BCUT2D eigenvalue weighted by Crippen LogP contribution is 2.30. The van der Waals surface area contributed by atoms with Gasteiger partial charge in [0.15, 0.2) is 0 Å². The maximum Gasteiger partial charge on any atom is 0.326 e. The Morgan fingerprint density at radius 1 is 0.912 bits per heavy atom. The van der Waals surface area contributed by atoms with E-state index in [1.54, 1.807) is 61.1 Å². The monoisotopic (exact) mass is 820 g/mol. The molecule has 14 nitrogen and oxygen atoms in total. The molecule has 0 unspecified atom stereocenters. The van der Waals surface area contributed by atoms with Gasteiger partial charge in [0.05, 0.1) is 42.7 Å². The number of nitrogens with zero attached hydrogens (tertiary/aromatic N) is 3. The summed E-state index contributed by atoms with van der Waals surface area (Å²) in [5, 5.41) is 16.6. The number of hydrogen-bond donors (Lipinski definition) is 4. The van der Waals surface area contributed by atoms with Gasteiger partial charge in [-0.15, -0.1) is 0 Å². The number of hydrogen-bond acceptors (Lipinski definition) is 9. The van der Waals surface area contributed by atoms with Gasteiger partial charge in [-0.3, -0.25) is 24.1 Å². The molecule has 1 aromatic carbocycles. The van der Waals surface area contributed by atoms with E-state index in [1.165, 1.54) is 14.2 Å². The number of amides is 4. The number of ether oxygens (including phenoxy) is 2. The summed E-state index contributed by atoms with van der Waals surface area (Å²) >= 11 is 0. The predicted molar refractivity (Wildman–Crippen MR) is 224 cm³/mol. The minimum absolute atomic E-state index is 0.0266. The van der Waals surface area contributed by atoms with Gasteiger partial charge < -0.3 is 39.8 Å². The average Bonchev–Trinajstić information content (AvgIpc) is 3.62. The summed E-state index contributed by atoms with van der Waals surface area (Å²) in [6.07, 6.45) is 0.628. The summed E-state index contributed by atoms with van der Waals surface area (Å²) < 4.78 is 11.9. The van der Waals surface area contributed by atoms with Crippen LogP contribution >= 0.6 is 0 Å². The molecule has 4 amide bonds. The number of methoxy groups -OCH3 is 2. The number of nitrogens with one attached hydrogen (secondary N) is 2. The van der Waals surface area contributed by atoms with E-state index in [2.05, 4.69) is 10.6 Å². The van der Waals surface area contributed by atoms with E-state index in [-0.39, 0.29) is 48.3 Å². The molecule has 1 heterocycles. The fourth-order valence-electron chi connectivity index (χ4n) is 8.20. The van der Waals surface area contributed by atoms with Crippen molar-refractivity contribution in [1.29, 1.82) is 0 Å². The lowest BCUT2D eigenvalue weighted by atomic mass is 9.89. The van der Waals surface area contributed by atoms with Gasteiger partial charge in [0, 0.05) is 34.2 Å². The molecule has 4 N–H and O–H groups in total. The lowest BCUT2D eigenvalue weighted by Crippen LogP contribution is -2.59. The highest BCUT2D eigenvalue weighted by Gasteiger charge is 2.43. The fraction of sp³-hybridized carbons (Fsp3) is 0.738. The number of carboxylic acids is 1. The Morgan fingerprint density at radius 2 is 1.51 bits per heavy atom. The number of likely N-dealkylation sites (tertiary alicyclic amines) is 1. The number of carbonyl (C=O) groups excluding carboxylic acids is 4. The third-order valence-electron chi connectivity index (χ3n) is 11.7. The van der Waals surface area contributed by atoms with Crippen molar-refractivity contribution in [3.8, 4) is 0 Å². The van der Waals surface area contributed by atoms with Crippen molar-refractivity contribution in [2.45, 2.75) is 136 Å². The Balaban J connectivity index is 2.27. The van der Waals surface area contributed by atoms with Crippen molar-refractivity contribution in [3.05, 3.63) is 29.8 Å². The summed E-state index contributed by atoms with van der Waals surface area (Å²) in [6.45, 7) is 17.5. The summed E-state index contributed by atoms with van der Waals surface area (Å²) in [7, 11) is 5.89. The molecular weight excluding hydrogens is 747 g/mol. The normalized spacial score (nSPS) is 19.1. The molecule has 0 aromatic heterocycles. The molecule has 0 radical (unpaired) electrons. The van der Waals surface area contributed by atoms with Crippen molar-refractivity contribution < 1.29 is 43.3 Å². The highest BCUT2D eigenvalue weighted by atomic mass is 28.4. The third-order valence-corrected chi connectivity index (χ3v) is 13.4. The van der Waals surface area contributed by atoms with Crippen molar-refractivity contribution in [2.75, 3.05) is 41.9 Å². The molecule has 0 spiro atoms. The maximum atomic E-state index is 14.2. The molecule has 2 rings (SSSR count). The van der Waals surface area contributed by atoms with Crippen LogP contribution in [0.4, 0.5) is 0 Å². The average molecular weight is 820 g/mol. The summed E-state index contributed by atoms with van der Waals surface area (Å²) in [4.78, 5) is 83.4. The van der Waals surface area contributed by atoms with E-state index < -0.39 is 68.5 Å². The van der Waals surface area contributed by atoms with Gasteiger partial charge >= 0.3 is 5.97 Å². The molecule has 0 aliphatic carbocycles. The zero-order valence-corrected chi connectivity index (χ0v) is 38.0. The van der Waals surface area contributed by atoms with E-state index in [9.17, 15) is 33.9 Å². The molecule has 57 heavy (non-hydrogen) atoms. The zero-order valence-electron chi connectivity index (χ0n) is 37.0. The van der Waals surface area contributed by atoms with E-state index in [4.69, 9.17) is 9.47 Å². The quantitative estimate of drug-likeness (QED) is 0.127. The first-order chi connectivity index (χ1) is 26.5. The molecule has 0 bridgehead atoms. The largest absolute Gasteiger partial charge is 0.480 e. The van der Waals surface area contributed by atoms with Gasteiger partial charge in [-0.25, -0.2) is 4.79 Å². The standard InChI is InChI=1S/C42H73N5O9Si/c1-15-27(6)37(46(10)41(51)35(25(2)3)44-40(50)36(26(4)5)45(8)9)33(55-11)24-34(48)47-22-16-17-32(47)38(56-12)28(7)39(49)43-31(42(52)53)23-29-18-20-30(21-19-29)57(13,14)54/h18-21,25-28,31-33,35-38,54H,15-17,22-24H2,1-14H3,(H,43,49)(H,44,50)(H,52,53)/t27-,28+,31-,32-,33+,35-,36-,37-,38+/m1/s1. The minimum Gasteiger partial charge on any atom is -0.480 e. The van der Waals surface area contributed by atoms with Crippen molar-refractivity contribution in [3.63, 3.8) is 0 Å². The van der Waals surface area contributed by atoms with Gasteiger partial charge in [-0.05, 0) is 68.5 Å². The van der Waals surface area contributed by atoms with Gasteiger partial charge in [0.25, 0.3) is 0 Å². The number of carboxylic acid groups (broad SMARTS) is 1. The van der Waals surface area contributed by atoms with Crippen LogP contribution in [0.3, 0.4) is 0 Å². The Morgan fingerprint density at radius 3 is 1.96 bits per heavy atom. The lowest BCUT2D eigenvalue weighted by molar-refractivity contribution is -0.148. The number of aliphatic carboxylic acids is 1. The fourth-order valence-corrected chi connectivity index (χ4v) is 9.18. The maximum absolute atomic E-state index is 14.2. The second kappa shape index (κ2) is 22.1. The summed E-state index contributed by atoms with van der Waals surface area (Å²) in [5.41, 5.74) is 0.706. The molecule has 1 aliphatic rings. The first-order valence-corrected chi connectivity index (χ1v) is 23.4. The summed E-state index contributed by atoms with van der Waals surface area (Å²) in [6, 6.07) is 3.79. The van der Waals surface area contributed by atoms with Crippen LogP contribution in [0.15, 0.2) is 24.3 Å². The van der Waals surface area contributed by atoms with Crippen LogP contribution in [-0.4, -0.2) is 147 Å². The highest BCUT2D eigenvalue weighted by molar-refractivity contribution is 6.83. The van der Waals surface area contributed by atoms with Crippen molar-refractivity contribution >= 4 is 43.1 Å². The van der Waals surface area contributed by atoms with Crippen LogP contribution < -0.4 is 15.8 Å². The molecular formula is C42H73N5O9Si. The zero-order chi connectivity index (χ0) is 43.5. The van der Waals surface area contributed by atoms with Gasteiger partial charge in [0.1, 0.15) is 12.1 Å². The van der Waals surface area contributed by atoms with Crippen molar-refractivity contribution in [1.82, 2.24) is 25.3 Å². The number of carbonyl (C=O) groups is 5. The van der Waals surface area contributed by atoms with Gasteiger partial charge in [0.2, 0.25) is 31.9 Å². The Kier molecular flexibility index (Phi) is 19.3. The number of likely N-dealkylation sites (N-methyl/N-ethyl adjacent to an activating group) is 2. The molecule has 1 aliphatic heterocycles. The molecule has 9 atom stereocenters. The van der Waals surface area contributed by atoms with Gasteiger partial charge in [-0.2, -0.15) is 0 Å². The lowest BCUT2D eigenvalue weighted by Gasteiger charge is -2.41. The smallest absolute Gasteiger partial charge is 0.326 e. The first kappa shape index (κ1) is 49.8. The van der Waals surface area contributed by atoms with E-state index in [0.717, 1.165) is 5.19 Å². The predicted octanol–water partition coefficient (Wildman–Crippen LogP) is 2.85. The van der Waals surface area contributed by atoms with Crippen LogP contribution in [0.1, 0.15) is 79.7 Å². The second-order valence-corrected chi connectivity index (χ2v) is 21.0. The molecule has 324 valence electrons. The van der Waals surface area contributed by atoms with Crippen LogP contribution in [0.2, 0.25) is 13.1 Å². The topological polar surface area (TPSA) is 178 Å². The first-order valence-electron chi connectivity index (χ1n) is 20.5. The Hall–Kier alpha value is -3.37. The second-order valence-electron chi connectivity index (χ2n) is 17.3. The van der Waals surface area contributed by atoms with Crippen LogP contribution in [0.25, 0.3) is 0 Å². The van der Waals surface area contributed by atoms with Crippen LogP contribution in [0.5, 0.6) is 0 Å². The molecule has 15 heteroatoms. The van der Waals surface area contributed by atoms with Crippen LogP contribution in [-0.2, 0) is 39.9 Å². The van der Waals surface area contributed by atoms with Gasteiger partial charge in [-0.1, -0.05) is 79.2 Å². The minimum atomic E-state index is -2.52. The van der Waals surface area contributed by atoms with Crippen molar-refractivity contribution in [2.24, 2.45) is 23.7 Å². The van der Waals surface area contributed by atoms with E-state index in [0.29, 0.717) is 31.4 Å². The molecule has 1 saturated heterocycles. The van der Waals surface area contributed by atoms with E-state index >= 15 is 0 Å². The SMILES string of the molecule is CC[C@@H](C)[C@H]([C@H](CC(=O)N1CCC[C@@H]1[C@@H](OC)[C@H](C)C(=O)N[C@H](Cc1ccc([Si](C)(C)O)cc1)C(=O)O)OC)N(C)C(=O)[C@H](NC(=O)[C@@H](C(C)C)N(C)C)C(C)C.